The van der Waals surface area contributed by atoms with Crippen LogP contribution in [0.25, 0.3) is 0 Å². The molecule has 0 aromatic heterocycles. The Morgan fingerprint density at radius 2 is 1.90 bits per heavy atom. The first kappa shape index (κ1) is 16.7. The zero-order chi connectivity index (χ0) is 15.1. The van der Waals surface area contributed by atoms with Crippen molar-refractivity contribution in [2.75, 3.05) is 13.1 Å². The fraction of sp³-hybridized carbons (Fsp3) is 0.846. The molecule has 1 fully saturated rings. The fourth-order valence-electron chi connectivity index (χ4n) is 2.46. The lowest BCUT2D eigenvalue weighted by Gasteiger charge is -2.30. The van der Waals surface area contributed by atoms with Gasteiger partial charge in [-0.25, -0.2) is 13.6 Å². The first-order chi connectivity index (χ1) is 9.43. The molecule has 1 aliphatic rings. The number of alkyl halides is 2. The van der Waals surface area contributed by atoms with E-state index >= 15 is 0 Å². The van der Waals surface area contributed by atoms with Crippen molar-refractivity contribution in [3.05, 3.63) is 0 Å². The number of nitrogens with zero attached hydrogens (tertiary/aromatic N) is 1. The van der Waals surface area contributed by atoms with Crippen molar-refractivity contribution in [2.45, 2.75) is 51.5 Å². The van der Waals surface area contributed by atoms with E-state index in [1.54, 1.807) is 0 Å². The molecule has 1 rings (SSSR count). The van der Waals surface area contributed by atoms with Gasteiger partial charge < -0.3 is 15.3 Å². The van der Waals surface area contributed by atoms with Gasteiger partial charge in [0.2, 0.25) is 0 Å². The Hall–Kier alpha value is -1.40. The Morgan fingerprint density at radius 3 is 2.35 bits per heavy atom. The Labute approximate surface area is 117 Å². The van der Waals surface area contributed by atoms with Crippen LogP contribution >= 0.6 is 0 Å². The van der Waals surface area contributed by atoms with Crippen LogP contribution in [0.1, 0.15) is 39.0 Å². The highest BCUT2D eigenvalue weighted by Gasteiger charge is 2.28. The fourth-order valence-corrected chi connectivity index (χ4v) is 2.46. The van der Waals surface area contributed by atoms with Crippen LogP contribution < -0.4 is 5.32 Å². The zero-order valence-corrected chi connectivity index (χ0v) is 11.6. The maximum absolute atomic E-state index is 12.4. The third-order valence-corrected chi connectivity index (χ3v) is 3.54. The van der Waals surface area contributed by atoms with Crippen LogP contribution in [0.5, 0.6) is 0 Å². The van der Waals surface area contributed by atoms with E-state index in [0.29, 0.717) is 38.6 Å². The summed E-state index contributed by atoms with van der Waals surface area (Å²) < 4.78 is 24.8. The maximum atomic E-state index is 12.4. The first-order valence-electron chi connectivity index (χ1n) is 7.00. The van der Waals surface area contributed by atoms with Crippen molar-refractivity contribution in [1.82, 2.24) is 10.2 Å². The van der Waals surface area contributed by atoms with Crippen molar-refractivity contribution in [3.8, 4) is 0 Å². The summed E-state index contributed by atoms with van der Waals surface area (Å²) in [4.78, 5) is 23.9. The normalized spacial score (nSPS) is 22.6. The van der Waals surface area contributed by atoms with Crippen LogP contribution in [0.2, 0.25) is 0 Å². The second-order valence-electron chi connectivity index (χ2n) is 5.17. The van der Waals surface area contributed by atoms with Gasteiger partial charge in [0.1, 0.15) is 0 Å². The minimum atomic E-state index is -2.55. The Bertz CT molecular complexity index is 332. The van der Waals surface area contributed by atoms with Crippen molar-refractivity contribution in [2.24, 2.45) is 5.92 Å². The molecule has 0 atom stereocenters. The van der Waals surface area contributed by atoms with Gasteiger partial charge in [0.25, 0.3) is 6.43 Å². The summed E-state index contributed by atoms with van der Waals surface area (Å²) in [6.45, 7) is 1.55. The highest BCUT2D eigenvalue weighted by molar-refractivity contribution is 5.74. The van der Waals surface area contributed by atoms with Gasteiger partial charge in [-0.05, 0) is 32.1 Å². The van der Waals surface area contributed by atoms with Gasteiger partial charge in [0.05, 0.1) is 12.5 Å². The van der Waals surface area contributed by atoms with Crippen LogP contribution in [0.3, 0.4) is 0 Å². The van der Waals surface area contributed by atoms with E-state index < -0.39 is 25.0 Å². The van der Waals surface area contributed by atoms with Crippen molar-refractivity contribution in [1.29, 1.82) is 0 Å². The molecule has 0 bridgehead atoms. The second kappa shape index (κ2) is 8.01. The van der Waals surface area contributed by atoms with Gasteiger partial charge in [-0.3, -0.25) is 4.79 Å². The lowest BCUT2D eigenvalue weighted by Crippen LogP contribution is -2.48. The molecule has 7 heteroatoms. The monoisotopic (exact) mass is 292 g/mol. The maximum Gasteiger partial charge on any atom is 0.317 e. The van der Waals surface area contributed by atoms with Crippen LogP contribution in [-0.2, 0) is 4.79 Å². The van der Waals surface area contributed by atoms with Crippen LogP contribution in [-0.4, -0.2) is 47.6 Å². The Balaban J connectivity index is 2.42. The number of hydrogen-bond acceptors (Lipinski definition) is 2. The molecule has 1 aliphatic carbocycles. The standard InChI is InChI=1S/C13H22F2N2O3/c1-2-7-17(8-11(14)15)13(20)16-10-5-3-9(4-6-10)12(18)19/h9-11H,2-8H2,1H3,(H,16,20)(H,18,19). The molecule has 5 nitrogen and oxygen atoms in total. The molecule has 1 saturated carbocycles. The van der Waals surface area contributed by atoms with Gasteiger partial charge in [-0.2, -0.15) is 0 Å². The van der Waals surface area contributed by atoms with Crippen LogP contribution in [0.15, 0.2) is 0 Å². The van der Waals surface area contributed by atoms with E-state index in [2.05, 4.69) is 5.32 Å². The van der Waals surface area contributed by atoms with Crippen LogP contribution in [0.4, 0.5) is 13.6 Å². The van der Waals surface area contributed by atoms with Gasteiger partial charge in [0.15, 0.2) is 0 Å². The molecule has 0 unspecified atom stereocenters. The predicted octanol–water partition coefficient (Wildman–Crippen LogP) is 2.32. The number of carboxylic acids is 1. The third kappa shape index (κ3) is 5.30. The summed E-state index contributed by atoms with van der Waals surface area (Å²) >= 11 is 0. The number of aliphatic carboxylic acids is 1. The summed E-state index contributed by atoms with van der Waals surface area (Å²) in [6.07, 6.45) is 0.266. The lowest BCUT2D eigenvalue weighted by molar-refractivity contribution is -0.142. The minimum absolute atomic E-state index is 0.116. The average Bonchev–Trinajstić information content (AvgIpc) is 2.38. The van der Waals surface area contributed by atoms with Crippen LogP contribution in [0, 0.1) is 5.92 Å². The molecule has 2 N–H and O–H groups in total. The Morgan fingerprint density at radius 1 is 1.30 bits per heavy atom. The summed E-state index contributed by atoms with van der Waals surface area (Å²) in [5, 5.41) is 11.6. The van der Waals surface area contributed by atoms with Gasteiger partial charge in [-0.15, -0.1) is 0 Å². The van der Waals surface area contributed by atoms with E-state index in [1.807, 2.05) is 6.92 Å². The molecule has 2 amide bonds. The molecule has 0 aromatic rings. The predicted molar refractivity (Wildman–Crippen MR) is 69.8 cm³/mol. The van der Waals surface area contributed by atoms with E-state index in [1.165, 1.54) is 0 Å². The highest BCUT2D eigenvalue weighted by atomic mass is 19.3. The molecule has 20 heavy (non-hydrogen) atoms. The molecule has 0 saturated heterocycles. The third-order valence-electron chi connectivity index (χ3n) is 3.54. The van der Waals surface area contributed by atoms with Crippen molar-refractivity contribution in [3.63, 3.8) is 0 Å². The van der Waals surface area contributed by atoms with E-state index in [-0.39, 0.29) is 12.0 Å². The number of amides is 2. The summed E-state index contributed by atoms with van der Waals surface area (Å²) in [5.41, 5.74) is 0. The number of carboxylic acid groups (broad SMARTS) is 1. The molecule has 0 aromatic carbocycles. The van der Waals surface area contributed by atoms with E-state index in [4.69, 9.17) is 5.11 Å². The smallest absolute Gasteiger partial charge is 0.317 e. The molecular weight excluding hydrogens is 270 g/mol. The topological polar surface area (TPSA) is 69.6 Å². The number of rotatable bonds is 6. The summed E-state index contributed by atoms with van der Waals surface area (Å²) in [6, 6.07) is -0.596. The minimum Gasteiger partial charge on any atom is -0.481 e. The van der Waals surface area contributed by atoms with Gasteiger partial charge in [0, 0.05) is 12.6 Å². The average molecular weight is 292 g/mol. The number of halogens is 2. The molecule has 0 spiro atoms. The van der Waals surface area contributed by atoms with Crippen molar-refractivity contribution >= 4 is 12.0 Å². The first-order valence-corrected chi connectivity index (χ1v) is 7.00. The molecule has 0 radical (unpaired) electrons. The molecular formula is C13H22F2N2O3. The summed E-state index contributed by atoms with van der Waals surface area (Å²) in [7, 11) is 0. The Kier molecular flexibility index (Phi) is 6.67. The largest absolute Gasteiger partial charge is 0.481 e. The zero-order valence-electron chi connectivity index (χ0n) is 11.6. The highest BCUT2D eigenvalue weighted by Crippen LogP contribution is 2.24. The number of hydrogen-bond donors (Lipinski definition) is 2. The number of carbonyl (C=O) groups excluding carboxylic acids is 1. The number of carbonyl (C=O) groups is 2. The van der Waals surface area contributed by atoms with Crippen molar-refractivity contribution < 1.29 is 23.5 Å². The SMILES string of the molecule is CCCN(CC(F)F)C(=O)NC1CCC(C(=O)O)CC1. The molecule has 116 valence electrons. The van der Waals surface area contributed by atoms with E-state index in [9.17, 15) is 18.4 Å². The summed E-state index contributed by atoms with van der Waals surface area (Å²) in [5.74, 6) is -1.16. The molecule has 0 aliphatic heterocycles. The quantitative estimate of drug-likeness (QED) is 0.789. The second-order valence-corrected chi connectivity index (χ2v) is 5.17. The molecule has 0 heterocycles. The van der Waals surface area contributed by atoms with Gasteiger partial charge >= 0.3 is 12.0 Å². The lowest BCUT2D eigenvalue weighted by atomic mass is 9.86. The number of urea groups is 1. The van der Waals surface area contributed by atoms with E-state index in [0.717, 1.165) is 4.90 Å². The number of nitrogens with one attached hydrogen (secondary N) is 1. The van der Waals surface area contributed by atoms with Gasteiger partial charge in [-0.1, -0.05) is 6.92 Å².